The molecule has 1 saturated heterocycles. The number of pyridine rings is 1. The highest BCUT2D eigenvalue weighted by Crippen LogP contribution is 2.26. The van der Waals surface area contributed by atoms with Gasteiger partial charge in [0.2, 0.25) is 10.0 Å². The predicted octanol–water partition coefficient (Wildman–Crippen LogP) is -0.150. The largest absolute Gasteiger partial charge is 0.397 e. The highest BCUT2D eigenvalue weighted by molar-refractivity contribution is 7.89. The van der Waals surface area contributed by atoms with Gasteiger partial charge in [0.05, 0.1) is 12.2 Å². The van der Waals surface area contributed by atoms with E-state index >= 15 is 0 Å². The minimum atomic E-state index is -3.70. The molecule has 11 heteroatoms. The Kier molecular flexibility index (Phi) is 5.24. The van der Waals surface area contributed by atoms with Gasteiger partial charge in [-0.3, -0.25) is 9.59 Å². The van der Waals surface area contributed by atoms with Crippen molar-refractivity contribution in [3.8, 4) is 0 Å². The third-order valence-electron chi connectivity index (χ3n) is 4.35. The van der Waals surface area contributed by atoms with Gasteiger partial charge in [0, 0.05) is 31.0 Å². The monoisotopic (exact) mass is 392 g/mol. The van der Waals surface area contributed by atoms with Crippen molar-refractivity contribution < 1.29 is 13.2 Å². The van der Waals surface area contributed by atoms with Gasteiger partial charge in [0.15, 0.2) is 5.69 Å². The lowest BCUT2D eigenvalue weighted by molar-refractivity contribution is 0.0945. The molecule has 0 aliphatic carbocycles. The third kappa shape index (κ3) is 3.98. The van der Waals surface area contributed by atoms with Crippen LogP contribution in [0.1, 0.15) is 36.1 Å². The first-order valence-electron chi connectivity index (χ1n) is 8.39. The highest BCUT2D eigenvalue weighted by atomic mass is 32.2. The number of nitrogen functional groups attached to an aromatic ring is 1. The summed E-state index contributed by atoms with van der Waals surface area (Å²) in [7, 11) is -3.70. The van der Waals surface area contributed by atoms with Gasteiger partial charge in [0.25, 0.3) is 11.5 Å². The van der Waals surface area contributed by atoms with Crippen molar-refractivity contribution in [3.63, 3.8) is 0 Å². The second-order valence-corrected chi connectivity index (χ2v) is 8.17. The van der Waals surface area contributed by atoms with E-state index in [1.165, 1.54) is 22.6 Å². The predicted molar refractivity (Wildman–Crippen MR) is 97.3 cm³/mol. The van der Waals surface area contributed by atoms with Gasteiger partial charge in [-0.2, -0.15) is 4.31 Å². The topological polar surface area (TPSA) is 151 Å². The van der Waals surface area contributed by atoms with Crippen LogP contribution in [0.15, 0.2) is 34.2 Å². The molecule has 3 heterocycles. The Morgan fingerprint density at radius 2 is 2.22 bits per heavy atom. The molecule has 2 aromatic rings. The summed E-state index contributed by atoms with van der Waals surface area (Å²) < 4.78 is 26.8. The molecule has 144 valence electrons. The first-order valence-corrected chi connectivity index (χ1v) is 9.83. The fourth-order valence-corrected chi connectivity index (χ4v) is 4.62. The second kappa shape index (κ2) is 7.45. The van der Waals surface area contributed by atoms with E-state index in [9.17, 15) is 18.0 Å². The van der Waals surface area contributed by atoms with Crippen LogP contribution >= 0.6 is 0 Å². The van der Waals surface area contributed by atoms with Gasteiger partial charge in [-0.25, -0.2) is 18.4 Å². The smallest absolute Gasteiger partial charge is 0.272 e. The van der Waals surface area contributed by atoms with Crippen LogP contribution in [0.5, 0.6) is 0 Å². The molecule has 10 nitrogen and oxygen atoms in total. The maximum absolute atomic E-state index is 12.7. The summed E-state index contributed by atoms with van der Waals surface area (Å²) >= 11 is 0. The molecular formula is C16H20N6O4S. The molecule has 0 bridgehead atoms. The molecule has 1 aliphatic rings. The number of aromatic nitrogens is 3. The fraction of sp³-hybridized carbons (Fsp3) is 0.375. The summed E-state index contributed by atoms with van der Waals surface area (Å²) in [4.78, 5) is 33.8. The zero-order valence-corrected chi connectivity index (χ0v) is 15.5. The molecule has 1 fully saturated rings. The number of rotatable bonds is 5. The maximum atomic E-state index is 12.7. The Hall–Kier alpha value is -2.79. The first-order chi connectivity index (χ1) is 12.8. The number of nitrogens with zero attached hydrogens (tertiary/aromatic N) is 3. The number of amides is 1. The summed E-state index contributed by atoms with van der Waals surface area (Å²) in [5.41, 5.74) is 5.39. The lowest BCUT2D eigenvalue weighted by Crippen LogP contribution is -2.34. The van der Waals surface area contributed by atoms with Crippen LogP contribution in [0.3, 0.4) is 0 Å². The molecule has 0 saturated carbocycles. The molecule has 27 heavy (non-hydrogen) atoms. The van der Waals surface area contributed by atoms with E-state index in [2.05, 4.69) is 20.3 Å². The highest BCUT2D eigenvalue weighted by Gasteiger charge is 2.33. The molecule has 0 spiro atoms. The van der Waals surface area contributed by atoms with Crippen molar-refractivity contribution >= 4 is 21.6 Å². The van der Waals surface area contributed by atoms with E-state index in [0.29, 0.717) is 6.54 Å². The summed E-state index contributed by atoms with van der Waals surface area (Å²) in [5.74, 6) is -0.325. The number of nitrogens with two attached hydrogens (primary N) is 1. The number of anilines is 1. The van der Waals surface area contributed by atoms with Crippen molar-refractivity contribution in [2.45, 2.75) is 37.2 Å². The van der Waals surface area contributed by atoms with Crippen molar-refractivity contribution in [1.29, 1.82) is 0 Å². The average Bonchev–Trinajstić information content (AvgIpc) is 3.06. The number of nitrogens with one attached hydrogen (secondary N) is 2. The van der Waals surface area contributed by atoms with Crippen LogP contribution in [0.2, 0.25) is 0 Å². The van der Waals surface area contributed by atoms with Gasteiger partial charge >= 0.3 is 0 Å². The van der Waals surface area contributed by atoms with Crippen molar-refractivity contribution in [1.82, 2.24) is 24.6 Å². The van der Waals surface area contributed by atoms with Gasteiger partial charge in [0.1, 0.15) is 10.7 Å². The normalized spacial score (nSPS) is 17.7. The van der Waals surface area contributed by atoms with E-state index in [-0.39, 0.29) is 40.2 Å². The van der Waals surface area contributed by atoms with E-state index in [1.807, 2.05) is 6.92 Å². The molecule has 0 radical (unpaired) electrons. The minimum Gasteiger partial charge on any atom is -0.397 e. The quantitative estimate of drug-likeness (QED) is 0.640. The van der Waals surface area contributed by atoms with Crippen molar-refractivity contribution in [3.05, 3.63) is 46.4 Å². The van der Waals surface area contributed by atoms with Crippen molar-refractivity contribution in [2.24, 2.45) is 0 Å². The van der Waals surface area contributed by atoms with E-state index in [4.69, 9.17) is 5.73 Å². The second-order valence-electron chi connectivity index (χ2n) is 6.28. The number of H-pyrrole nitrogens is 1. The van der Waals surface area contributed by atoms with Crippen LogP contribution < -0.4 is 16.6 Å². The molecule has 4 N–H and O–H groups in total. The molecule has 0 aromatic carbocycles. The van der Waals surface area contributed by atoms with Crippen LogP contribution in [-0.2, 0) is 16.6 Å². The molecule has 1 atom stereocenters. The SMILES string of the molecule is C[C@H]1CCCN1S(=O)(=O)c1cnc(C(=O)NCc2nccc(=O)[nH]2)c(N)c1. The Balaban J connectivity index is 1.76. The number of hydrogen-bond donors (Lipinski definition) is 3. The van der Waals surface area contributed by atoms with Crippen LogP contribution in [0.4, 0.5) is 5.69 Å². The van der Waals surface area contributed by atoms with Gasteiger partial charge in [-0.1, -0.05) is 0 Å². The Morgan fingerprint density at radius 3 is 2.85 bits per heavy atom. The van der Waals surface area contributed by atoms with E-state index in [0.717, 1.165) is 19.0 Å². The zero-order valence-electron chi connectivity index (χ0n) is 14.7. The first kappa shape index (κ1) is 19.0. The summed E-state index contributed by atoms with van der Waals surface area (Å²) in [6.07, 6.45) is 4.07. The lowest BCUT2D eigenvalue weighted by Gasteiger charge is -2.21. The summed E-state index contributed by atoms with van der Waals surface area (Å²) in [5, 5.41) is 2.53. The lowest BCUT2D eigenvalue weighted by atomic mass is 10.3. The third-order valence-corrected chi connectivity index (χ3v) is 6.32. The maximum Gasteiger partial charge on any atom is 0.272 e. The summed E-state index contributed by atoms with van der Waals surface area (Å²) in [6, 6.07) is 2.41. The molecule has 1 aliphatic heterocycles. The average molecular weight is 392 g/mol. The number of aromatic amines is 1. The van der Waals surface area contributed by atoms with E-state index < -0.39 is 15.9 Å². The zero-order chi connectivity index (χ0) is 19.6. The van der Waals surface area contributed by atoms with E-state index in [1.54, 1.807) is 0 Å². The Labute approximate surface area is 155 Å². The number of sulfonamides is 1. The molecular weight excluding hydrogens is 372 g/mol. The van der Waals surface area contributed by atoms with Gasteiger partial charge in [-0.05, 0) is 25.8 Å². The van der Waals surface area contributed by atoms with Crippen LogP contribution in [0.25, 0.3) is 0 Å². The van der Waals surface area contributed by atoms with Gasteiger partial charge < -0.3 is 16.0 Å². The van der Waals surface area contributed by atoms with Crippen LogP contribution in [0, 0.1) is 0 Å². The molecule has 0 unspecified atom stereocenters. The minimum absolute atomic E-state index is 0.0264. The Morgan fingerprint density at radius 1 is 1.44 bits per heavy atom. The van der Waals surface area contributed by atoms with Crippen molar-refractivity contribution in [2.75, 3.05) is 12.3 Å². The fourth-order valence-electron chi connectivity index (χ4n) is 2.94. The summed E-state index contributed by atoms with van der Waals surface area (Å²) in [6.45, 7) is 2.28. The van der Waals surface area contributed by atoms with Gasteiger partial charge in [-0.15, -0.1) is 0 Å². The standard InChI is InChI=1S/C16H20N6O4S/c1-10-3-2-6-22(10)27(25,26)11-7-12(17)15(19-8-11)16(24)20-9-13-18-5-4-14(23)21-13/h4-5,7-8,10H,2-3,6,9,17H2,1H3,(H,20,24)(H,18,21,23)/t10-/m0/s1. The number of carbonyl (C=O) groups is 1. The molecule has 1 amide bonds. The molecule has 3 rings (SSSR count). The van der Waals surface area contributed by atoms with Crippen LogP contribution in [-0.4, -0.2) is 46.2 Å². The molecule has 2 aromatic heterocycles. The number of hydrogen-bond acceptors (Lipinski definition) is 7. The Bertz CT molecular complexity index is 1020. The number of carbonyl (C=O) groups excluding carboxylic acids is 1.